The molecule has 1 unspecified atom stereocenters. The molecule has 0 aliphatic carbocycles. The number of carbonyl (C=O) groups excluding carboxylic acids is 1. The van der Waals surface area contributed by atoms with E-state index in [0.29, 0.717) is 11.3 Å². The van der Waals surface area contributed by atoms with Crippen LogP contribution < -0.4 is 15.8 Å². The lowest BCUT2D eigenvalue weighted by Gasteiger charge is -2.40. The predicted octanol–water partition coefficient (Wildman–Crippen LogP) is 3.33. The van der Waals surface area contributed by atoms with Crippen LogP contribution in [-0.2, 0) is 5.75 Å². The molecule has 1 N–H and O–H groups in total. The zero-order valence-corrected chi connectivity index (χ0v) is 16.5. The molecular formula is C22H18FN3O2S. The number of thioether (sulfide) groups is 1. The fraction of sp³-hybridized carbons (Fsp3) is 0.182. The monoisotopic (exact) mass is 407 g/mol. The Labute approximate surface area is 171 Å². The van der Waals surface area contributed by atoms with Crippen molar-refractivity contribution >= 4 is 17.7 Å². The number of halogens is 1. The van der Waals surface area contributed by atoms with Crippen molar-refractivity contribution < 1.29 is 9.18 Å². The molecule has 3 aromatic rings. The number of pyridine rings is 1. The van der Waals surface area contributed by atoms with Crippen molar-refractivity contribution in [3.8, 4) is 0 Å². The fourth-order valence-electron chi connectivity index (χ4n) is 4.08. The number of nitrogens with one attached hydrogen (secondary N) is 1. The van der Waals surface area contributed by atoms with Gasteiger partial charge in [0.25, 0.3) is 5.91 Å². The van der Waals surface area contributed by atoms with Gasteiger partial charge in [0.1, 0.15) is 18.2 Å². The van der Waals surface area contributed by atoms with Crippen LogP contribution in [0.3, 0.4) is 0 Å². The predicted molar refractivity (Wildman–Crippen MR) is 110 cm³/mol. The van der Waals surface area contributed by atoms with Crippen LogP contribution in [0, 0.1) is 12.7 Å². The summed E-state index contributed by atoms with van der Waals surface area (Å²) >= 11 is 1.68. The summed E-state index contributed by atoms with van der Waals surface area (Å²) < 4.78 is 16.0. The number of amides is 1. The lowest BCUT2D eigenvalue weighted by atomic mass is 9.94. The molecule has 5 rings (SSSR count). The van der Waals surface area contributed by atoms with Crippen molar-refractivity contribution in [1.29, 1.82) is 0 Å². The Morgan fingerprint density at radius 2 is 1.93 bits per heavy atom. The molecule has 0 fully saturated rings. The summed E-state index contributed by atoms with van der Waals surface area (Å²) in [5, 5.41) is 4.86. The molecule has 0 saturated carbocycles. The first kappa shape index (κ1) is 18.0. The maximum Gasteiger partial charge on any atom is 0.271 e. The molecule has 2 aliphatic heterocycles. The van der Waals surface area contributed by atoms with Crippen LogP contribution in [0.5, 0.6) is 0 Å². The highest BCUT2D eigenvalue weighted by Crippen LogP contribution is 2.42. The van der Waals surface area contributed by atoms with Gasteiger partial charge in [0.2, 0.25) is 0 Å². The first-order valence-corrected chi connectivity index (χ1v) is 10.3. The van der Waals surface area contributed by atoms with Gasteiger partial charge in [-0.2, -0.15) is 0 Å². The fourth-order valence-corrected chi connectivity index (χ4v) is 5.16. The van der Waals surface area contributed by atoms with Crippen LogP contribution in [0.4, 0.5) is 4.39 Å². The van der Waals surface area contributed by atoms with Crippen molar-refractivity contribution in [1.82, 2.24) is 9.99 Å². The van der Waals surface area contributed by atoms with Gasteiger partial charge in [0.15, 0.2) is 5.43 Å². The van der Waals surface area contributed by atoms with E-state index in [1.807, 2.05) is 29.3 Å². The maximum absolute atomic E-state index is 14.3. The average Bonchev–Trinajstić information content (AvgIpc) is 2.87. The van der Waals surface area contributed by atoms with Gasteiger partial charge >= 0.3 is 0 Å². The standard InChI is InChI=1S/C22H18FN3O2S/c1-13-18(27)8-9-25-20(13)22(28)24-12-26(25)21-16-5-3-2-4-14(16)11-29-19-7-6-15(23)10-17(19)21/h2-10,21H,11-12H2,1H3,(H,24,28). The third kappa shape index (κ3) is 2.84. The molecule has 0 radical (unpaired) electrons. The number of hydrogen-bond acceptors (Lipinski definition) is 4. The maximum atomic E-state index is 14.3. The van der Waals surface area contributed by atoms with E-state index >= 15 is 0 Å². The molecule has 1 aromatic heterocycles. The summed E-state index contributed by atoms with van der Waals surface area (Å²) in [5.74, 6) is 0.194. The normalized spacial score (nSPS) is 17.7. The van der Waals surface area contributed by atoms with E-state index < -0.39 is 0 Å². The van der Waals surface area contributed by atoms with E-state index in [1.165, 1.54) is 12.1 Å². The smallest absolute Gasteiger partial charge is 0.271 e. The number of fused-ring (bicyclic) bond motifs is 3. The number of hydrogen-bond donors (Lipinski definition) is 1. The van der Waals surface area contributed by atoms with E-state index in [0.717, 1.165) is 27.3 Å². The second kappa shape index (κ2) is 6.77. The Kier molecular flexibility index (Phi) is 4.20. The first-order chi connectivity index (χ1) is 14.0. The number of nitrogens with zero attached hydrogens (tertiary/aromatic N) is 2. The minimum Gasteiger partial charge on any atom is -0.332 e. The first-order valence-electron chi connectivity index (χ1n) is 9.32. The van der Waals surface area contributed by atoms with Crippen molar-refractivity contribution in [3.05, 3.63) is 98.7 Å². The molecule has 3 heterocycles. The average molecular weight is 407 g/mol. The minimum atomic E-state index is -0.312. The molecular weight excluding hydrogens is 389 g/mol. The Morgan fingerprint density at radius 1 is 1.10 bits per heavy atom. The summed E-state index contributed by atoms with van der Waals surface area (Å²) in [5.41, 5.74) is 3.59. The summed E-state index contributed by atoms with van der Waals surface area (Å²) in [4.78, 5) is 25.7. The second-order valence-corrected chi connectivity index (χ2v) is 8.19. The third-order valence-corrected chi connectivity index (χ3v) is 6.65. The molecule has 5 nitrogen and oxygen atoms in total. The zero-order chi connectivity index (χ0) is 20.1. The molecule has 0 saturated heterocycles. The van der Waals surface area contributed by atoms with Crippen LogP contribution >= 0.6 is 11.8 Å². The topological polar surface area (TPSA) is 54.3 Å². The van der Waals surface area contributed by atoms with Crippen molar-refractivity contribution in [2.75, 3.05) is 11.7 Å². The molecule has 2 aromatic carbocycles. The van der Waals surface area contributed by atoms with Crippen LogP contribution in [0.15, 0.2) is 64.4 Å². The SMILES string of the molecule is Cc1c2n(ccc1=O)N(C1c3ccccc3CSc3ccc(F)cc31)CNC2=O. The minimum absolute atomic E-state index is 0.184. The number of aromatic nitrogens is 1. The molecule has 7 heteroatoms. The molecule has 1 atom stereocenters. The number of benzene rings is 2. The van der Waals surface area contributed by atoms with Gasteiger partial charge in [0.05, 0.1) is 6.04 Å². The highest BCUT2D eigenvalue weighted by atomic mass is 32.2. The lowest BCUT2D eigenvalue weighted by Crippen LogP contribution is -2.54. The van der Waals surface area contributed by atoms with Crippen LogP contribution in [-0.4, -0.2) is 17.3 Å². The van der Waals surface area contributed by atoms with E-state index in [2.05, 4.69) is 11.4 Å². The molecule has 146 valence electrons. The van der Waals surface area contributed by atoms with Crippen molar-refractivity contribution in [2.45, 2.75) is 23.6 Å². The Balaban J connectivity index is 1.78. The van der Waals surface area contributed by atoms with Gasteiger partial charge in [-0.15, -0.1) is 11.8 Å². The number of carbonyl (C=O) groups is 1. The van der Waals surface area contributed by atoms with Gasteiger partial charge in [-0.1, -0.05) is 24.3 Å². The molecule has 0 spiro atoms. The van der Waals surface area contributed by atoms with E-state index in [4.69, 9.17) is 0 Å². The quantitative estimate of drug-likeness (QED) is 0.672. The third-order valence-electron chi connectivity index (χ3n) is 5.51. The number of rotatable bonds is 1. The molecule has 0 bridgehead atoms. The van der Waals surface area contributed by atoms with Gasteiger partial charge < -0.3 is 5.32 Å². The van der Waals surface area contributed by atoms with Gasteiger partial charge in [0, 0.05) is 28.5 Å². The van der Waals surface area contributed by atoms with Crippen LogP contribution in [0.2, 0.25) is 0 Å². The molecule has 1 amide bonds. The zero-order valence-electron chi connectivity index (χ0n) is 15.7. The van der Waals surface area contributed by atoms with Crippen LogP contribution in [0.25, 0.3) is 0 Å². The Morgan fingerprint density at radius 3 is 2.79 bits per heavy atom. The molecule has 29 heavy (non-hydrogen) atoms. The van der Waals surface area contributed by atoms with E-state index in [9.17, 15) is 14.0 Å². The van der Waals surface area contributed by atoms with Crippen molar-refractivity contribution in [2.24, 2.45) is 0 Å². The Bertz CT molecular complexity index is 1210. The van der Waals surface area contributed by atoms with E-state index in [1.54, 1.807) is 35.6 Å². The summed E-state index contributed by atoms with van der Waals surface area (Å²) in [6.07, 6.45) is 1.63. The highest BCUT2D eigenvalue weighted by molar-refractivity contribution is 7.98. The van der Waals surface area contributed by atoms with Crippen molar-refractivity contribution in [3.63, 3.8) is 0 Å². The van der Waals surface area contributed by atoms with E-state index in [-0.39, 0.29) is 29.9 Å². The Hall–Kier alpha value is -3.06. The largest absolute Gasteiger partial charge is 0.332 e. The summed E-state index contributed by atoms with van der Waals surface area (Å²) in [6.45, 7) is 1.90. The lowest BCUT2D eigenvalue weighted by molar-refractivity contribution is 0.0919. The van der Waals surface area contributed by atoms with Crippen LogP contribution in [0.1, 0.15) is 38.8 Å². The molecule has 2 aliphatic rings. The second-order valence-electron chi connectivity index (χ2n) is 7.17. The highest BCUT2D eigenvalue weighted by Gasteiger charge is 2.34. The summed E-state index contributed by atoms with van der Waals surface area (Å²) in [6, 6.07) is 14.1. The summed E-state index contributed by atoms with van der Waals surface area (Å²) in [7, 11) is 0. The van der Waals surface area contributed by atoms with Gasteiger partial charge in [-0.25, -0.2) is 4.39 Å². The van der Waals surface area contributed by atoms with Gasteiger partial charge in [-0.05, 0) is 41.8 Å². The van der Waals surface area contributed by atoms with Gasteiger partial charge in [-0.3, -0.25) is 19.3 Å².